The molecule has 0 saturated heterocycles. The van der Waals surface area contributed by atoms with E-state index >= 15 is 0 Å². The Balaban J connectivity index is 1.44. The molecule has 0 aromatic heterocycles. The summed E-state index contributed by atoms with van der Waals surface area (Å²) in [6, 6.07) is 8.73. The first-order valence-corrected chi connectivity index (χ1v) is 8.10. The molecule has 2 aliphatic carbocycles. The highest BCUT2D eigenvalue weighted by atomic mass is 16.5. The molecule has 2 saturated carbocycles. The Morgan fingerprint density at radius 2 is 2.09 bits per heavy atom. The van der Waals surface area contributed by atoms with Gasteiger partial charge in [-0.2, -0.15) is 5.26 Å². The number of para-hydroxylation sites is 1. The molecule has 2 bridgehead atoms. The molecule has 1 aromatic carbocycles. The fourth-order valence-electron chi connectivity index (χ4n) is 3.92. The number of rotatable bonds is 5. The van der Waals surface area contributed by atoms with Gasteiger partial charge in [-0.15, -0.1) is 0 Å². The maximum Gasteiger partial charge on any atom is 0.306 e. The van der Waals surface area contributed by atoms with Crippen LogP contribution >= 0.6 is 0 Å². The average Bonchev–Trinajstić information content (AvgIpc) is 3.16. The van der Waals surface area contributed by atoms with E-state index in [1.165, 1.54) is 19.3 Å². The summed E-state index contributed by atoms with van der Waals surface area (Å²) in [6.45, 7) is -0.306. The van der Waals surface area contributed by atoms with E-state index in [4.69, 9.17) is 10.00 Å². The normalized spacial score (nSPS) is 24.9. The third-order valence-corrected chi connectivity index (χ3v) is 5.00. The second kappa shape index (κ2) is 6.82. The number of nitrogens with zero attached hydrogens (tertiary/aromatic N) is 1. The monoisotopic (exact) mass is 312 g/mol. The van der Waals surface area contributed by atoms with Crippen LogP contribution in [0.4, 0.5) is 5.69 Å². The van der Waals surface area contributed by atoms with E-state index in [-0.39, 0.29) is 12.6 Å². The van der Waals surface area contributed by atoms with E-state index in [1.54, 1.807) is 24.3 Å². The zero-order valence-electron chi connectivity index (χ0n) is 13.0. The number of carbonyl (C=O) groups excluding carboxylic acids is 2. The highest BCUT2D eigenvalue weighted by Gasteiger charge is 2.40. The molecule has 0 aliphatic heterocycles. The average molecular weight is 312 g/mol. The van der Waals surface area contributed by atoms with Crippen molar-refractivity contribution in [2.45, 2.75) is 32.1 Å². The summed E-state index contributed by atoms with van der Waals surface area (Å²) in [7, 11) is 0. The third kappa shape index (κ3) is 3.70. The smallest absolute Gasteiger partial charge is 0.306 e. The van der Waals surface area contributed by atoms with E-state index in [1.807, 2.05) is 6.07 Å². The van der Waals surface area contributed by atoms with Crippen molar-refractivity contribution in [3.8, 4) is 6.07 Å². The number of fused-ring (bicyclic) bond motifs is 2. The molecule has 3 atom stereocenters. The predicted octanol–water partition coefficient (Wildman–Crippen LogP) is 2.87. The zero-order chi connectivity index (χ0) is 16.2. The molecule has 120 valence electrons. The van der Waals surface area contributed by atoms with Crippen molar-refractivity contribution in [2.24, 2.45) is 17.8 Å². The number of nitrogens with one attached hydrogen (secondary N) is 1. The highest BCUT2D eigenvalue weighted by Crippen LogP contribution is 2.49. The number of nitriles is 1. The maximum absolute atomic E-state index is 11.9. The fourth-order valence-corrected chi connectivity index (χ4v) is 3.92. The van der Waals surface area contributed by atoms with Gasteiger partial charge >= 0.3 is 5.97 Å². The second-order valence-corrected chi connectivity index (χ2v) is 6.51. The topological polar surface area (TPSA) is 79.2 Å². The molecule has 2 fully saturated rings. The molecule has 0 heterocycles. The molecule has 0 spiro atoms. The number of benzene rings is 1. The summed E-state index contributed by atoms with van der Waals surface area (Å²) in [5.74, 6) is 1.18. The molecule has 1 amide bonds. The lowest BCUT2D eigenvalue weighted by molar-refractivity contribution is -0.148. The van der Waals surface area contributed by atoms with Crippen LogP contribution in [0.1, 0.15) is 37.7 Å². The molecule has 0 unspecified atom stereocenters. The van der Waals surface area contributed by atoms with Gasteiger partial charge in [-0.25, -0.2) is 0 Å². The van der Waals surface area contributed by atoms with E-state index in [9.17, 15) is 9.59 Å². The van der Waals surface area contributed by atoms with Crippen LogP contribution in [0.3, 0.4) is 0 Å². The standard InChI is InChI=1S/C18H20N2O3/c19-10-14-3-1-2-4-16(14)20-17(21)11-23-18(22)9-15-8-12-5-6-13(15)7-12/h1-4,12-13,15H,5-9,11H2,(H,20,21)/t12-,13-,15+/m0/s1. The minimum absolute atomic E-state index is 0.300. The summed E-state index contributed by atoms with van der Waals surface area (Å²) in [5, 5.41) is 11.6. The molecule has 2 aliphatic rings. The zero-order valence-corrected chi connectivity index (χ0v) is 13.0. The molecule has 0 radical (unpaired) electrons. The lowest BCUT2D eigenvalue weighted by Crippen LogP contribution is -2.23. The number of anilines is 1. The fraction of sp³-hybridized carbons (Fsp3) is 0.500. The van der Waals surface area contributed by atoms with E-state index in [2.05, 4.69) is 5.32 Å². The number of amides is 1. The predicted molar refractivity (Wildman–Crippen MR) is 84.3 cm³/mol. The van der Waals surface area contributed by atoms with Crippen molar-refractivity contribution in [3.05, 3.63) is 29.8 Å². The number of ether oxygens (including phenoxy) is 1. The van der Waals surface area contributed by atoms with E-state index < -0.39 is 5.91 Å². The lowest BCUT2D eigenvalue weighted by atomic mass is 9.86. The van der Waals surface area contributed by atoms with Gasteiger partial charge in [0.2, 0.25) is 0 Å². The largest absolute Gasteiger partial charge is 0.456 e. The molecule has 23 heavy (non-hydrogen) atoms. The van der Waals surface area contributed by atoms with Crippen LogP contribution in [0, 0.1) is 29.1 Å². The Morgan fingerprint density at radius 3 is 2.78 bits per heavy atom. The Kier molecular flexibility index (Phi) is 4.61. The van der Waals surface area contributed by atoms with Crippen molar-refractivity contribution < 1.29 is 14.3 Å². The number of hydrogen-bond acceptors (Lipinski definition) is 4. The first kappa shape index (κ1) is 15.5. The Morgan fingerprint density at radius 1 is 1.26 bits per heavy atom. The van der Waals surface area contributed by atoms with Gasteiger partial charge in [0.05, 0.1) is 11.3 Å². The maximum atomic E-state index is 11.9. The Bertz CT molecular complexity index is 650. The number of carbonyl (C=O) groups is 2. The van der Waals surface area contributed by atoms with Crippen molar-refractivity contribution in [2.75, 3.05) is 11.9 Å². The van der Waals surface area contributed by atoms with E-state index in [0.29, 0.717) is 29.5 Å². The van der Waals surface area contributed by atoms with Gasteiger partial charge in [0.1, 0.15) is 6.07 Å². The summed E-state index contributed by atoms with van der Waals surface area (Å²) in [6.07, 6.45) is 5.33. The van der Waals surface area contributed by atoms with Crippen LogP contribution < -0.4 is 5.32 Å². The third-order valence-electron chi connectivity index (χ3n) is 5.00. The van der Waals surface area contributed by atoms with Gasteiger partial charge in [-0.3, -0.25) is 9.59 Å². The van der Waals surface area contributed by atoms with Gasteiger partial charge < -0.3 is 10.1 Å². The van der Waals surface area contributed by atoms with Crippen LogP contribution in [0.5, 0.6) is 0 Å². The van der Waals surface area contributed by atoms with Gasteiger partial charge in [0, 0.05) is 6.42 Å². The van der Waals surface area contributed by atoms with Gasteiger partial charge in [0.15, 0.2) is 6.61 Å². The highest BCUT2D eigenvalue weighted by molar-refractivity contribution is 5.93. The molecular formula is C18H20N2O3. The second-order valence-electron chi connectivity index (χ2n) is 6.51. The Hall–Kier alpha value is -2.35. The van der Waals surface area contributed by atoms with Crippen LogP contribution in [-0.2, 0) is 14.3 Å². The van der Waals surface area contributed by atoms with Gasteiger partial charge in [-0.1, -0.05) is 18.6 Å². The summed E-state index contributed by atoms with van der Waals surface area (Å²) in [5.41, 5.74) is 0.818. The summed E-state index contributed by atoms with van der Waals surface area (Å²) < 4.78 is 5.09. The van der Waals surface area contributed by atoms with Crippen LogP contribution in [0.2, 0.25) is 0 Å². The van der Waals surface area contributed by atoms with Crippen molar-refractivity contribution in [1.82, 2.24) is 0 Å². The van der Waals surface area contributed by atoms with Crippen molar-refractivity contribution in [3.63, 3.8) is 0 Å². The molecule has 3 rings (SSSR count). The van der Waals surface area contributed by atoms with Crippen LogP contribution in [0.25, 0.3) is 0 Å². The van der Waals surface area contributed by atoms with Gasteiger partial charge in [-0.05, 0) is 49.1 Å². The van der Waals surface area contributed by atoms with Crippen LogP contribution in [0.15, 0.2) is 24.3 Å². The minimum Gasteiger partial charge on any atom is -0.456 e. The summed E-state index contributed by atoms with van der Waals surface area (Å²) >= 11 is 0. The van der Waals surface area contributed by atoms with Crippen molar-refractivity contribution >= 4 is 17.6 Å². The quantitative estimate of drug-likeness (QED) is 0.848. The molecule has 5 heteroatoms. The van der Waals surface area contributed by atoms with Crippen molar-refractivity contribution in [1.29, 1.82) is 5.26 Å². The van der Waals surface area contributed by atoms with Gasteiger partial charge in [0.25, 0.3) is 5.91 Å². The number of hydrogen-bond donors (Lipinski definition) is 1. The molecule has 1 N–H and O–H groups in total. The first-order valence-electron chi connectivity index (χ1n) is 8.10. The Labute approximate surface area is 135 Å². The lowest BCUT2D eigenvalue weighted by Gasteiger charge is -2.20. The first-order chi connectivity index (χ1) is 11.2. The molecule has 5 nitrogen and oxygen atoms in total. The minimum atomic E-state index is -0.422. The number of esters is 1. The van der Waals surface area contributed by atoms with E-state index in [0.717, 1.165) is 12.3 Å². The molecular weight excluding hydrogens is 292 g/mol. The SMILES string of the molecule is N#Cc1ccccc1NC(=O)COC(=O)C[C@H]1C[C@H]2CC[C@H]1C2. The molecule has 1 aromatic rings. The summed E-state index contributed by atoms with van der Waals surface area (Å²) in [4.78, 5) is 23.8. The van der Waals surface area contributed by atoms with Crippen LogP contribution in [-0.4, -0.2) is 18.5 Å².